The minimum Gasteiger partial charge on any atom is -0.373 e. The molecular weight excluding hydrogens is 424 g/mol. The fourth-order valence-corrected chi connectivity index (χ4v) is 7.71. The largest absolute Gasteiger partial charge is 0.373 e. The monoisotopic (exact) mass is 439 g/mol. The Morgan fingerprint density at radius 2 is 1.58 bits per heavy atom. The summed E-state index contributed by atoms with van der Waals surface area (Å²) < 4.78 is 6.09. The maximum absolute atomic E-state index is 12.9. The molecule has 9 heteroatoms. The number of hydroxylamine groups is 2. The number of ether oxygens (including phenoxy) is 1. The molecule has 0 radical (unpaired) electrons. The molecule has 5 nitrogen and oxygen atoms in total. The lowest BCUT2D eigenvalue weighted by molar-refractivity contribution is -0.192. The van der Waals surface area contributed by atoms with E-state index in [1.807, 2.05) is 6.92 Å². The van der Waals surface area contributed by atoms with Crippen LogP contribution < -0.4 is 0 Å². The van der Waals surface area contributed by atoms with E-state index in [0.717, 1.165) is 17.9 Å². The number of unbranched alkanes of at least 4 members (excludes halogenated alkanes) is 1. The van der Waals surface area contributed by atoms with Gasteiger partial charge in [0.05, 0.1) is 50.5 Å². The minimum absolute atomic E-state index is 0.241. The molecule has 3 aliphatic heterocycles. The van der Waals surface area contributed by atoms with E-state index in [2.05, 4.69) is 0 Å². The smallest absolute Gasteiger partial charge is 0.260 e. The van der Waals surface area contributed by atoms with Gasteiger partial charge in [-0.25, -0.2) is 0 Å². The van der Waals surface area contributed by atoms with Gasteiger partial charge in [-0.05, 0) is 12.8 Å². The lowest BCUT2D eigenvalue weighted by Gasteiger charge is -2.40. The van der Waals surface area contributed by atoms with Crippen molar-refractivity contribution in [2.45, 2.75) is 48.1 Å². The zero-order valence-corrected chi connectivity index (χ0v) is 16.9. The van der Waals surface area contributed by atoms with Crippen LogP contribution in [0.25, 0.3) is 0 Å². The number of amides is 2. The molecule has 3 saturated heterocycles. The van der Waals surface area contributed by atoms with Crippen LogP contribution in [0.2, 0.25) is 0 Å². The number of rotatable bonds is 4. The maximum atomic E-state index is 12.9. The quantitative estimate of drug-likeness (QED) is 0.382. The van der Waals surface area contributed by atoms with Crippen LogP contribution in [0.3, 0.4) is 0 Å². The van der Waals surface area contributed by atoms with Crippen molar-refractivity contribution in [1.29, 1.82) is 0 Å². The van der Waals surface area contributed by atoms with E-state index in [4.69, 9.17) is 56.0 Å². The molecule has 2 amide bonds. The molecule has 0 aromatic rings. The predicted molar refractivity (Wildman–Crippen MR) is 95.9 cm³/mol. The molecule has 4 fully saturated rings. The van der Waals surface area contributed by atoms with Crippen LogP contribution >= 0.6 is 46.4 Å². The van der Waals surface area contributed by atoms with Crippen molar-refractivity contribution in [3.63, 3.8) is 0 Å². The van der Waals surface area contributed by atoms with E-state index >= 15 is 0 Å². The minimum atomic E-state index is -0.935. The standard InChI is InChI=1S/C17H17Cl4NO4/c1-2-3-4-25-22-14(23)6-7(15(22)24)11-9-8(10(6)26-11)16(20)5-17(9,21)13(19)12(16)18/h6-11H,2-5H2,1H3/t6-,7+,8-,9-,10-,11-,16-,17-/m0/s1. The second-order valence-electron chi connectivity index (χ2n) is 7.86. The summed E-state index contributed by atoms with van der Waals surface area (Å²) in [5.41, 5.74) is 0. The van der Waals surface area contributed by atoms with Gasteiger partial charge < -0.3 is 4.74 Å². The third-order valence-electron chi connectivity index (χ3n) is 6.69. The molecule has 142 valence electrons. The number of imide groups is 1. The molecule has 2 aliphatic carbocycles. The van der Waals surface area contributed by atoms with Crippen LogP contribution in [-0.2, 0) is 19.2 Å². The summed E-state index contributed by atoms with van der Waals surface area (Å²) in [7, 11) is 0. The van der Waals surface area contributed by atoms with Crippen molar-refractivity contribution in [2.75, 3.05) is 6.61 Å². The van der Waals surface area contributed by atoms with E-state index in [9.17, 15) is 9.59 Å². The second kappa shape index (κ2) is 5.52. The third-order valence-corrected chi connectivity index (χ3v) is 9.18. The van der Waals surface area contributed by atoms with Crippen LogP contribution in [0.1, 0.15) is 26.2 Å². The number of allylic oxidation sites excluding steroid dienone is 2. The van der Waals surface area contributed by atoms with Gasteiger partial charge in [-0.15, -0.1) is 23.2 Å². The summed E-state index contributed by atoms with van der Waals surface area (Å²) >= 11 is 26.5. The Morgan fingerprint density at radius 3 is 2.04 bits per heavy atom. The lowest BCUT2D eigenvalue weighted by atomic mass is 9.65. The first-order chi connectivity index (χ1) is 12.3. The predicted octanol–water partition coefficient (Wildman–Crippen LogP) is 3.39. The van der Waals surface area contributed by atoms with E-state index in [1.165, 1.54) is 0 Å². The summed E-state index contributed by atoms with van der Waals surface area (Å²) in [6.45, 7) is 2.34. The normalized spacial score (nSPS) is 51.0. The maximum Gasteiger partial charge on any atom is 0.260 e. The van der Waals surface area contributed by atoms with E-state index in [0.29, 0.717) is 23.1 Å². The van der Waals surface area contributed by atoms with E-state index in [1.54, 1.807) is 0 Å². The lowest BCUT2D eigenvalue weighted by Crippen LogP contribution is -2.50. The number of nitrogens with zero attached hydrogens (tertiary/aromatic N) is 1. The summed E-state index contributed by atoms with van der Waals surface area (Å²) in [5, 5.41) is 1.62. The Labute approximate surface area is 170 Å². The van der Waals surface area contributed by atoms with Gasteiger partial charge in [-0.1, -0.05) is 36.5 Å². The van der Waals surface area contributed by atoms with Gasteiger partial charge >= 0.3 is 0 Å². The third kappa shape index (κ3) is 1.84. The van der Waals surface area contributed by atoms with Crippen molar-refractivity contribution in [1.82, 2.24) is 5.06 Å². The average molecular weight is 441 g/mol. The van der Waals surface area contributed by atoms with Crippen molar-refractivity contribution in [2.24, 2.45) is 23.7 Å². The molecule has 5 rings (SSSR count). The first-order valence-corrected chi connectivity index (χ1v) is 10.4. The fraction of sp³-hybridized carbons (Fsp3) is 0.765. The molecule has 1 saturated carbocycles. The Balaban J connectivity index is 1.50. The molecule has 4 bridgehead atoms. The molecule has 0 N–H and O–H groups in total. The molecule has 0 spiro atoms. The van der Waals surface area contributed by atoms with Gasteiger partial charge in [-0.2, -0.15) is 5.06 Å². The summed E-state index contributed by atoms with van der Waals surface area (Å²) in [5.74, 6) is -2.35. The topological polar surface area (TPSA) is 55.8 Å². The van der Waals surface area contributed by atoms with E-state index in [-0.39, 0.29) is 23.7 Å². The van der Waals surface area contributed by atoms with Gasteiger partial charge in [-0.3, -0.25) is 14.4 Å². The van der Waals surface area contributed by atoms with Gasteiger partial charge in [0.15, 0.2) is 0 Å². The van der Waals surface area contributed by atoms with Crippen molar-refractivity contribution in [3.05, 3.63) is 10.1 Å². The Hall–Kier alpha value is -0.0400. The molecule has 3 heterocycles. The summed E-state index contributed by atoms with van der Waals surface area (Å²) in [6.07, 6.45) is 1.08. The molecular formula is C17H17Cl4NO4. The number of fused-ring (bicyclic) bond motifs is 12. The second-order valence-corrected chi connectivity index (χ2v) is 9.96. The van der Waals surface area contributed by atoms with Crippen molar-refractivity contribution >= 4 is 58.2 Å². The number of halogens is 4. The molecule has 0 unspecified atom stereocenters. The SMILES string of the molecule is CCCCON1C(=O)[C@@H]2[C@@H]3O[C@@H]([C@@H]2C1=O)[C@@H]1[C@@H]3[C@@]2(Cl)C[C@@]1(Cl)C(Cl)=C2Cl. The van der Waals surface area contributed by atoms with Gasteiger partial charge in [0.25, 0.3) is 11.8 Å². The van der Waals surface area contributed by atoms with Crippen LogP contribution in [0.4, 0.5) is 0 Å². The molecule has 26 heavy (non-hydrogen) atoms. The fourth-order valence-electron chi connectivity index (χ4n) is 5.69. The van der Waals surface area contributed by atoms with Gasteiger partial charge in [0, 0.05) is 11.8 Å². The number of carbonyl (C=O) groups is 2. The number of hydrogen-bond donors (Lipinski definition) is 0. The van der Waals surface area contributed by atoms with Crippen LogP contribution in [0, 0.1) is 23.7 Å². The molecule has 0 aromatic carbocycles. The van der Waals surface area contributed by atoms with Gasteiger partial charge in [0.1, 0.15) is 0 Å². The Bertz CT molecular complexity index is 705. The van der Waals surface area contributed by atoms with Crippen molar-refractivity contribution in [3.8, 4) is 0 Å². The first-order valence-electron chi connectivity index (χ1n) is 8.87. The summed E-state index contributed by atoms with van der Waals surface area (Å²) in [4.78, 5) is 29.3. The number of alkyl halides is 2. The highest BCUT2D eigenvalue weighted by Crippen LogP contribution is 2.75. The Kier molecular flexibility index (Phi) is 3.82. The summed E-state index contributed by atoms with van der Waals surface area (Å²) in [6, 6.07) is 0. The highest BCUT2D eigenvalue weighted by atomic mass is 35.5. The highest BCUT2D eigenvalue weighted by Gasteiger charge is 2.82. The molecule has 8 atom stereocenters. The molecule has 5 aliphatic rings. The van der Waals surface area contributed by atoms with Gasteiger partial charge in [0.2, 0.25) is 0 Å². The Morgan fingerprint density at radius 1 is 1.08 bits per heavy atom. The van der Waals surface area contributed by atoms with Crippen molar-refractivity contribution < 1.29 is 19.2 Å². The number of carbonyl (C=O) groups excluding carboxylic acids is 2. The zero-order chi connectivity index (χ0) is 18.6. The molecule has 0 aromatic heterocycles. The number of hydrogen-bond acceptors (Lipinski definition) is 4. The zero-order valence-electron chi connectivity index (χ0n) is 13.9. The van der Waals surface area contributed by atoms with E-state index < -0.39 is 33.8 Å². The van der Waals surface area contributed by atoms with Crippen LogP contribution in [0.15, 0.2) is 10.1 Å². The van der Waals surface area contributed by atoms with Crippen LogP contribution in [0.5, 0.6) is 0 Å². The van der Waals surface area contributed by atoms with Crippen LogP contribution in [-0.4, -0.2) is 45.4 Å². The highest BCUT2D eigenvalue weighted by molar-refractivity contribution is 6.51. The first kappa shape index (κ1) is 18.0. The average Bonchev–Trinajstić information content (AvgIpc) is 3.32.